The van der Waals surface area contributed by atoms with Crippen LogP contribution in [-0.4, -0.2) is 18.7 Å². The van der Waals surface area contributed by atoms with Crippen molar-refractivity contribution in [3.05, 3.63) is 29.3 Å². The van der Waals surface area contributed by atoms with Crippen LogP contribution in [0, 0.1) is 0 Å². The minimum atomic E-state index is -0.189. The van der Waals surface area contributed by atoms with Crippen molar-refractivity contribution in [3.63, 3.8) is 0 Å². The number of rotatable bonds is 4. The van der Waals surface area contributed by atoms with Gasteiger partial charge in [-0.2, -0.15) is 0 Å². The van der Waals surface area contributed by atoms with E-state index in [0.29, 0.717) is 11.3 Å². The van der Waals surface area contributed by atoms with Crippen molar-refractivity contribution in [2.24, 2.45) is 0 Å². The smallest absolute Gasteiger partial charge is 0.173 e. The van der Waals surface area contributed by atoms with Crippen LogP contribution in [0.3, 0.4) is 0 Å². The van der Waals surface area contributed by atoms with Gasteiger partial charge in [0.15, 0.2) is 5.78 Å². The third kappa shape index (κ3) is 3.42. The zero-order valence-corrected chi connectivity index (χ0v) is 11.7. The van der Waals surface area contributed by atoms with Crippen molar-refractivity contribution >= 4 is 11.6 Å². The maximum Gasteiger partial charge on any atom is 0.173 e. The minimum Gasteiger partial charge on any atom is -0.496 e. The Morgan fingerprint density at radius 1 is 1.22 bits per heavy atom. The lowest BCUT2D eigenvalue weighted by atomic mass is 9.85. The molecule has 0 spiro atoms. The number of carbonyl (C=O) groups excluding carboxylic acids is 2. The van der Waals surface area contributed by atoms with Gasteiger partial charge in [-0.05, 0) is 30.0 Å². The van der Waals surface area contributed by atoms with Crippen molar-refractivity contribution in [2.75, 3.05) is 7.11 Å². The summed E-state index contributed by atoms with van der Waals surface area (Å²) in [5, 5.41) is 0. The van der Waals surface area contributed by atoms with Crippen LogP contribution < -0.4 is 4.74 Å². The molecule has 0 bridgehead atoms. The summed E-state index contributed by atoms with van der Waals surface area (Å²) < 4.78 is 5.18. The Morgan fingerprint density at radius 2 is 1.83 bits per heavy atom. The average Bonchev–Trinajstić information content (AvgIpc) is 2.26. The van der Waals surface area contributed by atoms with Gasteiger partial charge in [0.2, 0.25) is 0 Å². The van der Waals surface area contributed by atoms with Gasteiger partial charge in [0, 0.05) is 0 Å². The van der Waals surface area contributed by atoms with Gasteiger partial charge in [-0.25, -0.2) is 0 Å². The standard InChI is InChI=1S/C15H20O3/c1-10(16)8-13(17)12-9-11(15(2,3)4)6-7-14(12)18-5/h6-7,9H,8H2,1-5H3. The number of benzene rings is 1. The summed E-state index contributed by atoms with van der Waals surface area (Å²) in [6, 6.07) is 5.56. The molecule has 0 radical (unpaired) electrons. The Labute approximate surface area is 108 Å². The number of Topliss-reactive ketones (excluding diaryl/α,β-unsaturated/α-hetero) is 2. The number of hydrogen-bond acceptors (Lipinski definition) is 3. The number of hydrogen-bond donors (Lipinski definition) is 0. The van der Waals surface area contributed by atoms with E-state index in [1.165, 1.54) is 14.0 Å². The summed E-state index contributed by atoms with van der Waals surface area (Å²) in [4.78, 5) is 23.1. The zero-order chi connectivity index (χ0) is 13.9. The summed E-state index contributed by atoms with van der Waals surface area (Å²) in [5.74, 6) is 0.197. The number of ether oxygens (including phenoxy) is 1. The highest BCUT2D eigenvalue weighted by atomic mass is 16.5. The van der Waals surface area contributed by atoms with E-state index in [4.69, 9.17) is 4.74 Å². The molecule has 1 aromatic rings. The van der Waals surface area contributed by atoms with E-state index in [1.807, 2.05) is 12.1 Å². The van der Waals surface area contributed by atoms with E-state index in [2.05, 4.69) is 20.8 Å². The van der Waals surface area contributed by atoms with Crippen LogP contribution in [0.15, 0.2) is 18.2 Å². The van der Waals surface area contributed by atoms with E-state index < -0.39 is 0 Å². The van der Waals surface area contributed by atoms with Crippen LogP contribution in [0.5, 0.6) is 5.75 Å². The van der Waals surface area contributed by atoms with E-state index in [9.17, 15) is 9.59 Å². The molecule has 0 aromatic heterocycles. The van der Waals surface area contributed by atoms with Crippen LogP contribution >= 0.6 is 0 Å². The van der Waals surface area contributed by atoms with Crippen LogP contribution in [0.25, 0.3) is 0 Å². The molecule has 0 amide bonds. The topological polar surface area (TPSA) is 43.4 Å². The highest BCUT2D eigenvalue weighted by Gasteiger charge is 2.19. The van der Waals surface area contributed by atoms with Gasteiger partial charge in [-0.15, -0.1) is 0 Å². The summed E-state index contributed by atoms with van der Waals surface area (Å²) in [6.45, 7) is 7.65. The monoisotopic (exact) mass is 248 g/mol. The first-order chi connectivity index (χ1) is 8.25. The molecule has 18 heavy (non-hydrogen) atoms. The lowest BCUT2D eigenvalue weighted by molar-refractivity contribution is -0.116. The van der Waals surface area contributed by atoms with Crippen LogP contribution in [0.4, 0.5) is 0 Å². The Hall–Kier alpha value is -1.64. The largest absolute Gasteiger partial charge is 0.496 e. The van der Waals surface area contributed by atoms with E-state index in [-0.39, 0.29) is 23.4 Å². The van der Waals surface area contributed by atoms with Crippen molar-refractivity contribution in [1.82, 2.24) is 0 Å². The molecule has 98 valence electrons. The lowest BCUT2D eigenvalue weighted by Gasteiger charge is -2.20. The fraction of sp³-hybridized carbons (Fsp3) is 0.467. The van der Waals surface area contributed by atoms with E-state index in [0.717, 1.165) is 5.56 Å². The Bertz CT molecular complexity index is 467. The molecule has 0 unspecified atom stereocenters. The fourth-order valence-corrected chi connectivity index (χ4v) is 1.71. The molecule has 0 aliphatic rings. The molecule has 0 atom stereocenters. The van der Waals surface area contributed by atoms with Gasteiger partial charge < -0.3 is 4.74 Å². The van der Waals surface area contributed by atoms with Crippen LogP contribution in [-0.2, 0) is 10.2 Å². The molecule has 0 aliphatic carbocycles. The lowest BCUT2D eigenvalue weighted by Crippen LogP contribution is -2.14. The molecule has 0 N–H and O–H groups in total. The van der Waals surface area contributed by atoms with Gasteiger partial charge in [0.25, 0.3) is 0 Å². The molecule has 0 saturated carbocycles. The maximum atomic E-state index is 12.0. The minimum absolute atomic E-state index is 0.0441. The molecule has 0 saturated heterocycles. The van der Waals surface area contributed by atoms with Crippen molar-refractivity contribution in [2.45, 2.75) is 39.5 Å². The van der Waals surface area contributed by atoms with Crippen molar-refractivity contribution < 1.29 is 14.3 Å². The number of ketones is 2. The zero-order valence-electron chi connectivity index (χ0n) is 11.7. The highest BCUT2D eigenvalue weighted by Crippen LogP contribution is 2.28. The normalized spacial score (nSPS) is 11.2. The molecule has 3 heteroatoms. The van der Waals surface area contributed by atoms with Crippen molar-refractivity contribution in [1.29, 1.82) is 0 Å². The summed E-state index contributed by atoms with van der Waals surface area (Å²) >= 11 is 0. The summed E-state index contributed by atoms with van der Waals surface area (Å²) in [7, 11) is 1.52. The van der Waals surface area contributed by atoms with Gasteiger partial charge in [-0.3, -0.25) is 9.59 Å². The second kappa shape index (κ2) is 5.34. The number of methoxy groups -OCH3 is 1. The first kappa shape index (κ1) is 14.4. The average molecular weight is 248 g/mol. The SMILES string of the molecule is COc1ccc(C(C)(C)C)cc1C(=O)CC(C)=O. The second-order valence-corrected chi connectivity index (χ2v) is 5.47. The van der Waals surface area contributed by atoms with E-state index in [1.54, 1.807) is 6.07 Å². The fourth-order valence-electron chi connectivity index (χ4n) is 1.71. The molecule has 3 nitrogen and oxygen atoms in total. The van der Waals surface area contributed by atoms with Gasteiger partial charge in [0.05, 0.1) is 19.1 Å². The highest BCUT2D eigenvalue weighted by molar-refractivity contribution is 6.08. The molecule has 0 heterocycles. The van der Waals surface area contributed by atoms with Crippen molar-refractivity contribution in [3.8, 4) is 5.75 Å². The van der Waals surface area contributed by atoms with Crippen LogP contribution in [0.1, 0.15) is 50.0 Å². The van der Waals surface area contributed by atoms with Gasteiger partial charge in [0.1, 0.15) is 11.5 Å². The predicted molar refractivity (Wildman–Crippen MR) is 71.3 cm³/mol. The second-order valence-electron chi connectivity index (χ2n) is 5.47. The third-order valence-electron chi connectivity index (χ3n) is 2.78. The Kier molecular flexibility index (Phi) is 4.28. The van der Waals surface area contributed by atoms with Gasteiger partial charge >= 0.3 is 0 Å². The molecular weight excluding hydrogens is 228 g/mol. The first-order valence-electron chi connectivity index (χ1n) is 5.97. The van der Waals surface area contributed by atoms with Crippen LogP contribution in [0.2, 0.25) is 0 Å². The maximum absolute atomic E-state index is 12.0. The molecule has 1 aromatic carbocycles. The predicted octanol–water partition coefficient (Wildman–Crippen LogP) is 3.15. The molecule has 0 fully saturated rings. The quantitative estimate of drug-likeness (QED) is 0.607. The molecular formula is C15H20O3. The van der Waals surface area contributed by atoms with Gasteiger partial charge in [-0.1, -0.05) is 26.8 Å². The molecule has 1 rings (SSSR count). The Morgan fingerprint density at radius 3 is 2.28 bits per heavy atom. The third-order valence-corrected chi connectivity index (χ3v) is 2.78. The summed E-state index contributed by atoms with van der Waals surface area (Å²) in [6.07, 6.45) is -0.0794. The Balaban J connectivity index is 3.22. The number of carbonyl (C=O) groups is 2. The molecule has 0 aliphatic heterocycles. The van der Waals surface area contributed by atoms with E-state index >= 15 is 0 Å². The first-order valence-corrected chi connectivity index (χ1v) is 5.97. The summed E-state index contributed by atoms with van der Waals surface area (Å²) in [5.41, 5.74) is 1.49.